The summed E-state index contributed by atoms with van der Waals surface area (Å²) in [6.45, 7) is 17.5. The highest BCUT2D eigenvalue weighted by molar-refractivity contribution is 8.00. The van der Waals surface area contributed by atoms with Crippen molar-refractivity contribution in [3.8, 4) is 0 Å². The fourth-order valence-corrected chi connectivity index (χ4v) is 4.75. The highest BCUT2D eigenvalue weighted by Crippen LogP contribution is 2.29. The van der Waals surface area contributed by atoms with Crippen LogP contribution in [0.5, 0.6) is 0 Å². The van der Waals surface area contributed by atoms with Crippen LogP contribution in [-0.4, -0.2) is 24.6 Å². The first kappa shape index (κ1) is 36.0. The monoisotopic (exact) mass is 508 g/mol. The smallest absolute Gasteiger partial charge is 0.238 e. The molecule has 0 spiro atoms. The SMILES string of the molecule is CC(C)CC1C=CCC1.CC(C)CC1CSC1.CC(C)CCCC(F)F.CC(C)CCCCF. The Kier molecular flexibility index (Phi) is 26.0. The summed E-state index contributed by atoms with van der Waals surface area (Å²) in [5.41, 5.74) is 0. The van der Waals surface area contributed by atoms with Crippen LogP contribution in [-0.2, 0) is 0 Å². The van der Waals surface area contributed by atoms with Crippen molar-refractivity contribution in [3.63, 3.8) is 0 Å². The lowest BCUT2D eigenvalue weighted by atomic mass is 9.97. The van der Waals surface area contributed by atoms with E-state index in [1.54, 1.807) is 0 Å². The largest absolute Gasteiger partial charge is 0.251 e. The van der Waals surface area contributed by atoms with E-state index in [9.17, 15) is 13.2 Å². The van der Waals surface area contributed by atoms with Crippen LogP contribution in [0.4, 0.5) is 13.2 Å². The molecule has 1 saturated heterocycles. The molecule has 0 saturated carbocycles. The van der Waals surface area contributed by atoms with E-state index in [1.165, 1.54) is 43.6 Å². The molecule has 0 radical (unpaired) electrons. The van der Waals surface area contributed by atoms with Gasteiger partial charge in [-0.25, -0.2) is 8.78 Å². The Morgan fingerprint density at radius 1 is 0.735 bits per heavy atom. The molecule has 0 nitrogen and oxygen atoms in total. The number of allylic oxidation sites excluding steroid dienone is 2. The van der Waals surface area contributed by atoms with Crippen LogP contribution in [0.1, 0.15) is 120 Å². The average molecular weight is 509 g/mol. The molecule has 1 fully saturated rings. The predicted octanol–water partition coefficient (Wildman–Crippen LogP) is 11.3. The molecule has 2 aliphatic rings. The van der Waals surface area contributed by atoms with Gasteiger partial charge in [0.1, 0.15) is 0 Å². The van der Waals surface area contributed by atoms with Crippen LogP contribution in [0.15, 0.2) is 12.2 Å². The summed E-state index contributed by atoms with van der Waals surface area (Å²) >= 11 is 2.09. The maximum atomic E-state index is 11.5. The molecule has 2 rings (SSSR count). The molecule has 34 heavy (non-hydrogen) atoms. The summed E-state index contributed by atoms with van der Waals surface area (Å²) < 4.78 is 34.4. The molecule has 206 valence electrons. The molecule has 0 N–H and O–H groups in total. The highest BCUT2D eigenvalue weighted by atomic mass is 32.2. The average Bonchev–Trinajstić information content (AvgIpc) is 3.18. The first-order valence-corrected chi connectivity index (χ1v) is 15.2. The highest BCUT2D eigenvalue weighted by Gasteiger charge is 2.18. The van der Waals surface area contributed by atoms with Gasteiger partial charge in [-0.1, -0.05) is 86.8 Å². The van der Waals surface area contributed by atoms with Gasteiger partial charge in [-0.2, -0.15) is 11.8 Å². The topological polar surface area (TPSA) is 0 Å². The lowest BCUT2D eigenvalue weighted by Crippen LogP contribution is -2.19. The Bertz CT molecular complexity index is 421. The van der Waals surface area contributed by atoms with Gasteiger partial charge >= 0.3 is 0 Å². The molecule has 0 aromatic carbocycles. The van der Waals surface area contributed by atoms with Gasteiger partial charge < -0.3 is 0 Å². The van der Waals surface area contributed by atoms with E-state index < -0.39 is 6.43 Å². The third-order valence-electron chi connectivity index (χ3n) is 5.77. The molecule has 1 heterocycles. The molecule has 1 unspecified atom stereocenters. The minimum Gasteiger partial charge on any atom is -0.251 e. The molecule has 0 aromatic heterocycles. The Morgan fingerprint density at radius 3 is 1.62 bits per heavy atom. The number of thioether (sulfide) groups is 1. The van der Waals surface area contributed by atoms with Gasteiger partial charge in [0, 0.05) is 6.42 Å². The summed E-state index contributed by atoms with van der Waals surface area (Å²) in [6, 6.07) is 0. The normalized spacial score (nSPS) is 17.4. The maximum absolute atomic E-state index is 11.5. The van der Waals surface area contributed by atoms with Gasteiger partial charge in [-0.05, 0) is 85.5 Å². The Balaban J connectivity index is 0. The van der Waals surface area contributed by atoms with Gasteiger partial charge in [0.25, 0.3) is 0 Å². The van der Waals surface area contributed by atoms with Crippen molar-refractivity contribution in [2.45, 2.75) is 126 Å². The number of hydrogen-bond donors (Lipinski definition) is 0. The molecule has 1 atom stereocenters. The third-order valence-corrected chi connectivity index (χ3v) is 7.18. The van der Waals surface area contributed by atoms with Crippen LogP contribution in [0.25, 0.3) is 0 Å². The van der Waals surface area contributed by atoms with Gasteiger partial charge in [0.05, 0.1) is 6.67 Å². The summed E-state index contributed by atoms with van der Waals surface area (Å²) in [5.74, 6) is 7.92. The van der Waals surface area contributed by atoms with Gasteiger partial charge in [0.15, 0.2) is 0 Å². The van der Waals surface area contributed by atoms with Crippen LogP contribution >= 0.6 is 11.8 Å². The Morgan fingerprint density at radius 2 is 1.29 bits per heavy atom. The molecular formula is C30H59F3S. The number of halogens is 3. The number of hydrogen-bond acceptors (Lipinski definition) is 1. The predicted molar refractivity (Wildman–Crippen MR) is 151 cm³/mol. The zero-order valence-electron chi connectivity index (χ0n) is 23.9. The van der Waals surface area contributed by atoms with Crippen molar-refractivity contribution in [2.75, 3.05) is 18.2 Å². The lowest BCUT2D eigenvalue weighted by molar-refractivity contribution is 0.132. The standard InChI is InChI=1S/C9H16.C7H14F2.C7H15F.C7H14S/c1-8(2)7-9-5-3-4-6-9;1-6(2)4-3-5-7(8)9;1-7(2)5-3-4-6-8;1-6(2)3-7-4-8-5-7/h3,5,8-9H,4,6-7H2,1-2H3;6-7H,3-5H2,1-2H3;7H,3-6H2,1-2H3;6-7H,3-5H2,1-2H3. The molecule has 1 aliphatic carbocycles. The van der Waals surface area contributed by atoms with E-state index in [-0.39, 0.29) is 13.1 Å². The summed E-state index contributed by atoms with van der Waals surface area (Å²) in [4.78, 5) is 0. The van der Waals surface area contributed by atoms with E-state index in [0.717, 1.165) is 48.9 Å². The molecule has 0 bridgehead atoms. The fourth-order valence-electron chi connectivity index (χ4n) is 3.91. The lowest BCUT2D eigenvalue weighted by Gasteiger charge is -2.26. The van der Waals surface area contributed by atoms with Crippen molar-refractivity contribution in [1.29, 1.82) is 0 Å². The van der Waals surface area contributed by atoms with Crippen LogP contribution in [0.3, 0.4) is 0 Å². The van der Waals surface area contributed by atoms with Crippen molar-refractivity contribution in [1.82, 2.24) is 0 Å². The second-order valence-electron chi connectivity index (χ2n) is 11.7. The minimum absolute atomic E-state index is 0.0676. The first-order chi connectivity index (χ1) is 16.0. The summed E-state index contributed by atoms with van der Waals surface area (Å²) in [6.07, 6.45) is 12.8. The van der Waals surface area contributed by atoms with Gasteiger partial charge in [0.2, 0.25) is 6.43 Å². The Labute approximate surface area is 216 Å². The molecule has 1 aliphatic heterocycles. The van der Waals surface area contributed by atoms with Crippen LogP contribution in [0, 0.1) is 35.5 Å². The van der Waals surface area contributed by atoms with E-state index in [4.69, 9.17) is 0 Å². The molecule has 4 heteroatoms. The van der Waals surface area contributed by atoms with E-state index in [0.29, 0.717) is 12.3 Å². The zero-order chi connectivity index (χ0) is 26.4. The third kappa shape index (κ3) is 29.9. The molecule has 0 aromatic rings. The van der Waals surface area contributed by atoms with Gasteiger partial charge in [-0.3, -0.25) is 4.39 Å². The van der Waals surface area contributed by atoms with E-state index in [1.807, 2.05) is 13.8 Å². The van der Waals surface area contributed by atoms with Crippen molar-refractivity contribution < 1.29 is 13.2 Å². The zero-order valence-corrected chi connectivity index (χ0v) is 24.7. The molecule has 0 amide bonds. The fraction of sp³-hybridized carbons (Fsp3) is 0.933. The second-order valence-corrected chi connectivity index (χ2v) is 12.8. The van der Waals surface area contributed by atoms with Crippen molar-refractivity contribution >= 4 is 11.8 Å². The van der Waals surface area contributed by atoms with Crippen LogP contribution < -0.4 is 0 Å². The quantitative estimate of drug-likeness (QED) is 0.186. The van der Waals surface area contributed by atoms with Crippen molar-refractivity contribution in [3.05, 3.63) is 12.2 Å². The minimum atomic E-state index is -2.11. The summed E-state index contributed by atoms with van der Waals surface area (Å²) in [5, 5.41) is 0. The second kappa shape index (κ2) is 24.6. The number of rotatable bonds is 12. The van der Waals surface area contributed by atoms with E-state index in [2.05, 4.69) is 65.5 Å². The molecular weight excluding hydrogens is 449 g/mol. The number of alkyl halides is 3. The Hall–Kier alpha value is -0.120. The van der Waals surface area contributed by atoms with Crippen LogP contribution in [0.2, 0.25) is 0 Å². The first-order valence-electron chi connectivity index (χ1n) is 14.1. The number of unbranched alkanes of at least 4 members (excludes halogenated alkanes) is 1. The van der Waals surface area contributed by atoms with Crippen molar-refractivity contribution in [2.24, 2.45) is 35.5 Å². The summed E-state index contributed by atoms with van der Waals surface area (Å²) in [7, 11) is 0. The van der Waals surface area contributed by atoms with E-state index >= 15 is 0 Å². The van der Waals surface area contributed by atoms with Gasteiger partial charge in [-0.15, -0.1) is 0 Å². The maximum Gasteiger partial charge on any atom is 0.238 e.